The van der Waals surface area contributed by atoms with Gasteiger partial charge in [-0.15, -0.1) is 11.8 Å². The first-order valence-corrected chi connectivity index (χ1v) is 13.9. The van der Waals surface area contributed by atoms with Crippen LogP contribution in [-0.4, -0.2) is 49.8 Å². The van der Waals surface area contributed by atoms with Crippen molar-refractivity contribution < 1.29 is 28.2 Å². The molecular formula is C24H31NO6S2. The molecule has 2 N–H and O–H groups in total. The number of unbranched alkanes of at least 4 members (excludes halogenated alkanes) is 1. The largest absolute Gasteiger partial charge is 0.508 e. The van der Waals surface area contributed by atoms with Crippen LogP contribution in [0.2, 0.25) is 0 Å². The van der Waals surface area contributed by atoms with Gasteiger partial charge in [0.15, 0.2) is 16.4 Å². The van der Waals surface area contributed by atoms with Gasteiger partial charge in [0.25, 0.3) is 0 Å². The van der Waals surface area contributed by atoms with Gasteiger partial charge in [0.05, 0.1) is 21.2 Å². The molecule has 1 aliphatic rings. The van der Waals surface area contributed by atoms with Crippen LogP contribution in [0, 0.1) is 5.41 Å². The van der Waals surface area contributed by atoms with Gasteiger partial charge in [-0.2, -0.15) is 0 Å². The van der Waals surface area contributed by atoms with Crippen LogP contribution in [0.3, 0.4) is 0 Å². The zero-order chi connectivity index (χ0) is 24.2. The topological polar surface area (TPSA) is 104 Å². The molecule has 180 valence electrons. The predicted molar refractivity (Wildman–Crippen MR) is 131 cm³/mol. The molecule has 0 aromatic heterocycles. The first-order valence-electron chi connectivity index (χ1n) is 11.0. The molecule has 0 spiro atoms. The number of fused-ring (bicyclic) bond motifs is 1. The van der Waals surface area contributed by atoms with Crippen LogP contribution in [0.4, 0.5) is 11.4 Å². The van der Waals surface area contributed by atoms with E-state index in [1.54, 1.807) is 30.3 Å². The highest BCUT2D eigenvalue weighted by Gasteiger charge is 2.42. The summed E-state index contributed by atoms with van der Waals surface area (Å²) in [6.07, 6.45) is 5.21. The Bertz CT molecular complexity index is 1100. The molecule has 0 unspecified atom stereocenters. The molecule has 2 aromatic rings. The number of phenols is 1. The monoisotopic (exact) mass is 493 g/mol. The van der Waals surface area contributed by atoms with Gasteiger partial charge in [0.1, 0.15) is 11.5 Å². The number of thioether (sulfide) groups is 1. The van der Waals surface area contributed by atoms with Crippen LogP contribution in [0.5, 0.6) is 11.5 Å². The van der Waals surface area contributed by atoms with Crippen molar-refractivity contribution in [1.29, 1.82) is 0 Å². The van der Waals surface area contributed by atoms with Crippen molar-refractivity contribution in [2.24, 2.45) is 5.41 Å². The molecule has 33 heavy (non-hydrogen) atoms. The van der Waals surface area contributed by atoms with E-state index in [-0.39, 0.29) is 22.1 Å². The third-order valence-corrected chi connectivity index (χ3v) is 8.93. The molecule has 7 nitrogen and oxygen atoms in total. The zero-order valence-corrected chi connectivity index (χ0v) is 20.8. The minimum Gasteiger partial charge on any atom is -0.508 e. The van der Waals surface area contributed by atoms with E-state index in [1.807, 2.05) is 18.1 Å². The van der Waals surface area contributed by atoms with Gasteiger partial charge >= 0.3 is 5.97 Å². The number of carbonyl (C=O) groups is 1. The van der Waals surface area contributed by atoms with E-state index in [1.165, 1.54) is 17.8 Å². The van der Waals surface area contributed by atoms with Crippen LogP contribution >= 0.6 is 11.8 Å². The second-order valence-electron chi connectivity index (χ2n) is 8.47. The molecule has 9 heteroatoms. The summed E-state index contributed by atoms with van der Waals surface area (Å²) in [5.74, 6) is -0.739. The summed E-state index contributed by atoms with van der Waals surface area (Å²) in [5, 5.41) is 18.8. The molecule has 0 saturated heterocycles. The highest BCUT2D eigenvalue weighted by atomic mass is 32.2. The summed E-state index contributed by atoms with van der Waals surface area (Å²) in [7, 11) is -3.69. The summed E-state index contributed by atoms with van der Waals surface area (Å²) in [5.41, 5.74) is 0.874. The van der Waals surface area contributed by atoms with Gasteiger partial charge < -0.3 is 19.8 Å². The fourth-order valence-electron chi connectivity index (χ4n) is 4.31. The Morgan fingerprint density at radius 3 is 2.48 bits per heavy atom. The van der Waals surface area contributed by atoms with Crippen molar-refractivity contribution in [2.75, 3.05) is 30.1 Å². The SMILES string of the molecule is CCCC[C@@]1(CC)CN(c2ccc(O)cc2)c2cc(SC)c(OCC(=O)O)cc2S(=O)(=O)C1. The van der Waals surface area contributed by atoms with E-state index in [0.29, 0.717) is 23.5 Å². The first-order chi connectivity index (χ1) is 15.6. The lowest BCUT2D eigenvalue weighted by atomic mass is 9.81. The number of nitrogens with zero attached hydrogens (tertiary/aromatic N) is 1. The Morgan fingerprint density at radius 2 is 1.91 bits per heavy atom. The quantitative estimate of drug-likeness (QED) is 0.466. The van der Waals surface area contributed by atoms with Crippen molar-refractivity contribution in [3.63, 3.8) is 0 Å². The van der Waals surface area contributed by atoms with Crippen molar-refractivity contribution in [3.05, 3.63) is 36.4 Å². The molecule has 0 bridgehead atoms. The minimum absolute atomic E-state index is 0.00900. The van der Waals surface area contributed by atoms with Crippen LogP contribution in [0.25, 0.3) is 0 Å². The smallest absolute Gasteiger partial charge is 0.341 e. The molecule has 1 aliphatic heterocycles. The molecule has 1 atom stereocenters. The highest BCUT2D eigenvalue weighted by molar-refractivity contribution is 7.98. The lowest BCUT2D eigenvalue weighted by Gasteiger charge is -2.36. The average Bonchev–Trinajstić information content (AvgIpc) is 2.88. The number of hydrogen-bond acceptors (Lipinski definition) is 7. The van der Waals surface area contributed by atoms with E-state index in [4.69, 9.17) is 9.84 Å². The van der Waals surface area contributed by atoms with Gasteiger partial charge in [0.2, 0.25) is 0 Å². The number of carboxylic acid groups (broad SMARTS) is 1. The second-order valence-corrected chi connectivity index (χ2v) is 11.3. The minimum atomic E-state index is -3.69. The van der Waals surface area contributed by atoms with Crippen molar-refractivity contribution in [2.45, 2.75) is 49.3 Å². The second kappa shape index (κ2) is 10.3. The van der Waals surface area contributed by atoms with Gasteiger partial charge in [-0.05, 0) is 49.4 Å². The number of carboxylic acids is 1. The first kappa shape index (κ1) is 25.2. The van der Waals surface area contributed by atoms with Crippen LogP contribution in [0.15, 0.2) is 46.2 Å². The van der Waals surface area contributed by atoms with Crippen LogP contribution in [-0.2, 0) is 14.6 Å². The lowest BCUT2D eigenvalue weighted by Crippen LogP contribution is -2.37. The van der Waals surface area contributed by atoms with Crippen molar-refractivity contribution in [1.82, 2.24) is 0 Å². The van der Waals surface area contributed by atoms with Gasteiger partial charge in [-0.25, -0.2) is 13.2 Å². The molecular weight excluding hydrogens is 462 g/mol. The predicted octanol–water partition coefficient (Wildman–Crippen LogP) is 5.09. The van der Waals surface area contributed by atoms with E-state index < -0.39 is 27.8 Å². The fourth-order valence-corrected chi connectivity index (χ4v) is 7.03. The molecule has 0 fully saturated rings. The van der Waals surface area contributed by atoms with E-state index >= 15 is 0 Å². The van der Waals surface area contributed by atoms with E-state index in [0.717, 1.165) is 24.9 Å². The number of rotatable bonds is 9. The number of aromatic hydroxyl groups is 1. The zero-order valence-electron chi connectivity index (χ0n) is 19.2. The summed E-state index contributed by atoms with van der Waals surface area (Å²) in [6.45, 7) is 4.09. The Morgan fingerprint density at radius 1 is 1.21 bits per heavy atom. The lowest BCUT2D eigenvalue weighted by molar-refractivity contribution is -0.139. The molecule has 1 heterocycles. The average molecular weight is 494 g/mol. The van der Waals surface area contributed by atoms with Gasteiger partial charge in [-0.3, -0.25) is 0 Å². The Labute approximate surface area is 199 Å². The molecule has 0 radical (unpaired) electrons. The van der Waals surface area contributed by atoms with Gasteiger partial charge in [0, 0.05) is 23.7 Å². The normalized spacial score (nSPS) is 19.5. The van der Waals surface area contributed by atoms with Crippen LogP contribution < -0.4 is 9.64 Å². The summed E-state index contributed by atoms with van der Waals surface area (Å²) >= 11 is 1.37. The molecule has 3 rings (SSSR count). The Balaban J connectivity index is 2.24. The summed E-state index contributed by atoms with van der Waals surface area (Å²) in [6, 6.07) is 9.99. The van der Waals surface area contributed by atoms with E-state index in [2.05, 4.69) is 6.92 Å². The summed E-state index contributed by atoms with van der Waals surface area (Å²) in [4.78, 5) is 13.9. The van der Waals surface area contributed by atoms with Crippen molar-refractivity contribution >= 4 is 38.9 Å². The third kappa shape index (κ3) is 5.58. The standard InChI is InChI=1S/C24H31NO6S2/c1-4-6-11-24(5-2)15-25(17-7-9-18(26)10-8-17)19-12-21(32-3)20(31-14-23(27)28)13-22(19)33(29,30)16-24/h7-10,12-13,26H,4-6,11,14-16H2,1-3H3,(H,27,28)/t24-/m0/s1. The number of benzene rings is 2. The maximum Gasteiger partial charge on any atom is 0.341 e. The number of ether oxygens (including phenoxy) is 1. The summed E-state index contributed by atoms with van der Waals surface area (Å²) < 4.78 is 32.9. The fraction of sp³-hybridized carbons (Fsp3) is 0.458. The third-order valence-electron chi connectivity index (χ3n) is 6.18. The number of phenolic OH excluding ortho intramolecular Hbond substituents is 1. The molecule has 0 saturated carbocycles. The number of aliphatic carboxylic acids is 1. The molecule has 0 amide bonds. The van der Waals surface area contributed by atoms with Crippen molar-refractivity contribution in [3.8, 4) is 11.5 Å². The number of anilines is 2. The number of hydrogen-bond donors (Lipinski definition) is 2. The van der Waals surface area contributed by atoms with Gasteiger partial charge in [-0.1, -0.05) is 26.7 Å². The highest BCUT2D eigenvalue weighted by Crippen LogP contribution is 2.47. The van der Waals surface area contributed by atoms with E-state index in [9.17, 15) is 18.3 Å². The molecule has 2 aromatic carbocycles. The molecule has 0 aliphatic carbocycles. The Hall–Kier alpha value is -2.39. The Kier molecular flexibility index (Phi) is 7.84. The maximum atomic E-state index is 13.7. The maximum absolute atomic E-state index is 13.7. The number of sulfone groups is 1. The van der Waals surface area contributed by atoms with Crippen LogP contribution in [0.1, 0.15) is 39.5 Å².